The van der Waals surface area contributed by atoms with Gasteiger partial charge in [0.15, 0.2) is 0 Å². The third-order valence-electron chi connectivity index (χ3n) is 6.24. The summed E-state index contributed by atoms with van der Waals surface area (Å²) in [4.78, 5) is 25.1. The van der Waals surface area contributed by atoms with E-state index in [0.717, 1.165) is 17.7 Å². The van der Waals surface area contributed by atoms with Gasteiger partial charge in [0.05, 0.1) is 23.3 Å². The van der Waals surface area contributed by atoms with E-state index in [1.165, 1.54) is 43.5 Å². The van der Waals surface area contributed by atoms with Crippen molar-refractivity contribution in [2.24, 2.45) is 0 Å². The smallest absolute Gasteiger partial charge is 0.416 e. The molecule has 0 heterocycles. The van der Waals surface area contributed by atoms with Crippen LogP contribution in [0.1, 0.15) is 21.5 Å². The van der Waals surface area contributed by atoms with Gasteiger partial charge in [-0.1, -0.05) is 60.1 Å². The molecule has 0 aliphatic rings. The molecule has 0 aliphatic heterocycles. The molecular weight excluding hydrogens is 550 g/mol. The summed E-state index contributed by atoms with van der Waals surface area (Å²) in [6.07, 6.45) is -4.52. The zero-order valence-electron chi connectivity index (χ0n) is 20.9. The Morgan fingerprint density at radius 2 is 1.43 bits per heavy atom. The van der Waals surface area contributed by atoms with Crippen molar-refractivity contribution in [1.82, 2.24) is 5.32 Å². The molecule has 0 saturated heterocycles. The first-order valence-corrected chi connectivity index (χ1v) is 12.3. The zero-order chi connectivity index (χ0) is 29.0. The molecule has 1 atom stereocenters. The lowest BCUT2D eigenvalue weighted by atomic mass is 9.99. The van der Waals surface area contributed by atoms with Gasteiger partial charge in [0, 0.05) is 6.42 Å². The Kier molecular flexibility index (Phi) is 8.44. The number of aliphatic carboxylic acids is 1. The summed E-state index contributed by atoms with van der Waals surface area (Å²) in [5.41, 5.74) is 2.14. The average molecular weight is 572 g/mol. The lowest BCUT2D eigenvalue weighted by molar-refractivity contribution is -0.139. The van der Waals surface area contributed by atoms with Crippen LogP contribution in [0.4, 0.5) is 17.6 Å². The number of halogens is 5. The van der Waals surface area contributed by atoms with Gasteiger partial charge in [-0.05, 0) is 64.2 Å². The van der Waals surface area contributed by atoms with Gasteiger partial charge in [-0.15, -0.1) is 0 Å². The van der Waals surface area contributed by atoms with Crippen LogP contribution in [0.25, 0.3) is 22.3 Å². The Labute approximate surface area is 232 Å². The van der Waals surface area contributed by atoms with E-state index in [1.807, 2.05) is 0 Å². The summed E-state index contributed by atoms with van der Waals surface area (Å²) >= 11 is 5.86. The molecule has 0 spiro atoms. The maximum absolute atomic E-state index is 13.5. The van der Waals surface area contributed by atoms with Crippen molar-refractivity contribution in [1.29, 1.82) is 0 Å². The molecule has 0 fully saturated rings. The number of nitrogens with one attached hydrogen (secondary N) is 1. The zero-order valence-corrected chi connectivity index (χ0v) is 21.7. The molecule has 2 N–H and O–H groups in total. The molecular formula is C30H22ClF4NO4. The second kappa shape index (κ2) is 11.8. The molecule has 10 heteroatoms. The third kappa shape index (κ3) is 6.60. The summed E-state index contributed by atoms with van der Waals surface area (Å²) in [5.74, 6) is -2.36. The molecule has 0 bridgehead atoms. The number of rotatable bonds is 8. The largest absolute Gasteiger partial charge is 0.496 e. The summed E-state index contributed by atoms with van der Waals surface area (Å²) in [6, 6.07) is 18.8. The average Bonchev–Trinajstić information content (AvgIpc) is 2.93. The number of benzene rings is 4. The van der Waals surface area contributed by atoms with Crippen LogP contribution in [0.3, 0.4) is 0 Å². The van der Waals surface area contributed by atoms with Gasteiger partial charge in [-0.2, -0.15) is 13.2 Å². The molecule has 4 aromatic rings. The van der Waals surface area contributed by atoms with Crippen LogP contribution in [-0.2, 0) is 17.4 Å². The van der Waals surface area contributed by atoms with Crippen molar-refractivity contribution < 1.29 is 37.0 Å². The van der Waals surface area contributed by atoms with Crippen LogP contribution < -0.4 is 10.1 Å². The van der Waals surface area contributed by atoms with Crippen molar-refractivity contribution in [2.45, 2.75) is 18.6 Å². The minimum atomic E-state index is -4.48. The molecule has 0 saturated carbocycles. The normalized spacial score (nSPS) is 12.1. The fraction of sp³-hybridized carbons (Fsp3) is 0.133. The Morgan fingerprint density at radius 3 is 1.98 bits per heavy atom. The van der Waals surface area contributed by atoms with E-state index in [9.17, 15) is 32.3 Å². The van der Waals surface area contributed by atoms with Crippen LogP contribution >= 0.6 is 11.6 Å². The highest BCUT2D eigenvalue weighted by Crippen LogP contribution is 2.32. The number of carboxylic acids is 1. The molecule has 0 aromatic heterocycles. The maximum atomic E-state index is 13.5. The standard InChI is InChI=1S/C30H22ClF4NO4/c1-40-27-13-9-20(19-6-10-22(11-7-19)30(33,34)35)15-23(27)28(37)36-26(29(38)39)14-17-2-4-18(5-3-17)21-8-12-25(32)24(31)16-21/h2-13,15-16,26H,14H2,1H3,(H,36,37)(H,38,39). The number of hydrogen-bond acceptors (Lipinski definition) is 3. The number of methoxy groups -OCH3 is 1. The van der Waals surface area contributed by atoms with Crippen LogP contribution in [0.5, 0.6) is 5.75 Å². The molecule has 5 nitrogen and oxygen atoms in total. The van der Waals surface area contributed by atoms with Crippen molar-refractivity contribution in [3.63, 3.8) is 0 Å². The molecule has 40 heavy (non-hydrogen) atoms. The minimum absolute atomic E-state index is 0.0203. The number of carboxylic acid groups (broad SMARTS) is 1. The van der Waals surface area contributed by atoms with Gasteiger partial charge in [-0.3, -0.25) is 4.79 Å². The van der Waals surface area contributed by atoms with Gasteiger partial charge < -0.3 is 15.2 Å². The number of amides is 1. The Bertz CT molecular complexity index is 1540. The topological polar surface area (TPSA) is 75.6 Å². The van der Waals surface area contributed by atoms with E-state index < -0.39 is 35.5 Å². The molecule has 1 amide bonds. The van der Waals surface area contributed by atoms with Crippen molar-refractivity contribution in [3.8, 4) is 28.0 Å². The first-order valence-electron chi connectivity index (χ1n) is 11.9. The second-order valence-corrected chi connectivity index (χ2v) is 9.29. The monoisotopic (exact) mass is 571 g/mol. The first-order chi connectivity index (χ1) is 19.0. The van der Waals surface area contributed by atoms with Gasteiger partial charge in [0.1, 0.15) is 17.6 Å². The van der Waals surface area contributed by atoms with E-state index in [-0.39, 0.29) is 22.8 Å². The third-order valence-corrected chi connectivity index (χ3v) is 6.53. The van der Waals surface area contributed by atoms with Crippen LogP contribution in [0, 0.1) is 5.82 Å². The number of ether oxygens (including phenoxy) is 1. The van der Waals surface area contributed by atoms with Gasteiger partial charge in [0.2, 0.25) is 0 Å². The molecule has 206 valence electrons. The van der Waals surface area contributed by atoms with Gasteiger partial charge >= 0.3 is 12.1 Å². The predicted molar refractivity (Wildman–Crippen MR) is 143 cm³/mol. The number of hydrogen-bond donors (Lipinski definition) is 2. The molecule has 0 radical (unpaired) electrons. The quantitative estimate of drug-likeness (QED) is 0.218. The maximum Gasteiger partial charge on any atom is 0.416 e. The summed E-state index contributed by atoms with van der Waals surface area (Å²) in [7, 11) is 1.34. The fourth-order valence-electron chi connectivity index (χ4n) is 4.10. The Morgan fingerprint density at radius 1 is 0.875 bits per heavy atom. The predicted octanol–water partition coefficient (Wildman–Crippen LogP) is 7.27. The number of alkyl halides is 3. The van der Waals surface area contributed by atoms with Crippen LogP contribution in [-0.4, -0.2) is 30.1 Å². The van der Waals surface area contributed by atoms with Gasteiger partial charge in [-0.25, -0.2) is 9.18 Å². The van der Waals surface area contributed by atoms with E-state index >= 15 is 0 Å². The fourth-order valence-corrected chi connectivity index (χ4v) is 4.28. The molecule has 4 rings (SSSR count). The highest BCUT2D eigenvalue weighted by atomic mass is 35.5. The molecule has 1 unspecified atom stereocenters. The van der Waals surface area contributed by atoms with E-state index in [4.69, 9.17) is 16.3 Å². The molecule has 4 aromatic carbocycles. The molecule has 0 aliphatic carbocycles. The van der Waals surface area contributed by atoms with Gasteiger partial charge in [0.25, 0.3) is 5.91 Å². The van der Waals surface area contributed by atoms with E-state index in [0.29, 0.717) is 22.3 Å². The van der Waals surface area contributed by atoms with Crippen molar-refractivity contribution >= 4 is 23.5 Å². The Balaban J connectivity index is 1.53. The number of carbonyl (C=O) groups is 2. The summed E-state index contributed by atoms with van der Waals surface area (Å²) in [5, 5.41) is 12.3. The highest BCUT2D eigenvalue weighted by molar-refractivity contribution is 6.31. The van der Waals surface area contributed by atoms with Crippen molar-refractivity contribution in [3.05, 3.63) is 112 Å². The van der Waals surface area contributed by atoms with Crippen molar-refractivity contribution in [2.75, 3.05) is 7.11 Å². The van der Waals surface area contributed by atoms with Crippen LogP contribution in [0.15, 0.2) is 84.9 Å². The SMILES string of the molecule is COc1ccc(-c2ccc(C(F)(F)F)cc2)cc1C(=O)NC(Cc1ccc(-c2ccc(F)c(Cl)c2)cc1)C(=O)O. The number of carbonyl (C=O) groups excluding carboxylic acids is 1. The van der Waals surface area contributed by atoms with E-state index in [1.54, 1.807) is 36.4 Å². The summed E-state index contributed by atoms with van der Waals surface area (Å²) < 4.78 is 57.5. The van der Waals surface area contributed by atoms with Crippen LogP contribution in [0.2, 0.25) is 5.02 Å². The highest BCUT2D eigenvalue weighted by Gasteiger charge is 2.30. The lowest BCUT2D eigenvalue weighted by Crippen LogP contribution is -2.42. The second-order valence-electron chi connectivity index (χ2n) is 8.88. The first kappa shape index (κ1) is 28.6. The lowest BCUT2D eigenvalue weighted by Gasteiger charge is -2.17. The Hall–Kier alpha value is -4.37. The van der Waals surface area contributed by atoms with E-state index in [2.05, 4.69) is 5.32 Å². The summed E-state index contributed by atoms with van der Waals surface area (Å²) in [6.45, 7) is 0. The minimum Gasteiger partial charge on any atom is -0.496 e.